The first-order chi connectivity index (χ1) is 35.0. The van der Waals surface area contributed by atoms with E-state index < -0.39 is 6.10 Å². The van der Waals surface area contributed by atoms with Crippen LogP contribution in [0.3, 0.4) is 0 Å². The highest BCUT2D eigenvalue weighted by Gasteiger charge is 2.19. The Hall–Kier alpha value is -2.89. The third-order valence-electron chi connectivity index (χ3n) is 13.5. The van der Waals surface area contributed by atoms with E-state index in [9.17, 15) is 14.4 Å². The van der Waals surface area contributed by atoms with Crippen LogP contribution in [0.4, 0.5) is 0 Å². The van der Waals surface area contributed by atoms with Gasteiger partial charge in [-0.05, 0) is 103 Å². The quantitative estimate of drug-likeness (QED) is 0.0261. The molecule has 0 fully saturated rings. The highest BCUT2D eigenvalue weighted by atomic mass is 16.6. The molecule has 0 saturated heterocycles. The van der Waals surface area contributed by atoms with Crippen molar-refractivity contribution < 1.29 is 28.6 Å². The molecule has 0 aromatic carbocycles. The number of hydrogen-bond acceptors (Lipinski definition) is 6. The molecule has 6 heteroatoms. The average Bonchev–Trinajstić information content (AvgIpc) is 3.37. The Labute approximate surface area is 440 Å². The van der Waals surface area contributed by atoms with Crippen LogP contribution in [0, 0.1) is 0 Å². The summed E-state index contributed by atoms with van der Waals surface area (Å²) < 4.78 is 16.9. The van der Waals surface area contributed by atoms with Gasteiger partial charge in [0, 0.05) is 19.3 Å². The van der Waals surface area contributed by atoms with Crippen LogP contribution in [-0.4, -0.2) is 37.2 Å². The van der Waals surface area contributed by atoms with Crippen LogP contribution in [0.15, 0.2) is 60.8 Å². The highest BCUT2D eigenvalue weighted by Crippen LogP contribution is 2.16. The number of hydrogen-bond donors (Lipinski definition) is 0. The number of carbonyl (C=O) groups excluding carboxylic acids is 3. The summed E-state index contributed by atoms with van der Waals surface area (Å²) in [5.74, 6) is -0.893. The summed E-state index contributed by atoms with van der Waals surface area (Å²) in [5.41, 5.74) is 0. The molecule has 0 aromatic heterocycles. The summed E-state index contributed by atoms with van der Waals surface area (Å²) in [6.07, 6.45) is 75.0. The highest BCUT2D eigenvalue weighted by molar-refractivity contribution is 5.71. The van der Waals surface area contributed by atoms with Crippen molar-refractivity contribution in [3.05, 3.63) is 60.8 Å². The van der Waals surface area contributed by atoms with E-state index in [1.807, 2.05) is 0 Å². The molecule has 0 bridgehead atoms. The summed E-state index contributed by atoms with van der Waals surface area (Å²) in [7, 11) is 0. The predicted molar refractivity (Wildman–Crippen MR) is 307 cm³/mol. The van der Waals surface area contributed by atoms with Gasteiger partial charge in [-0.15, -0.1) is 0 Å². The molecule has 0 rings (SSSR count). The van der Waals surface area contributed by atoms with E-state index in [0.29, 0.717) is 19.3 Å². The topological polar surface area (TPSA) is 78.9 Å². The van der Waals surface area contributed by atoms with E-state index in [-0.39, 0.29) is 31.1 Å². The lowest BCUT2D eigenvalue weighted by atomic mass is 10.1. The maximum absolute atomic E-state index is 12.9. The van der Waals surface area contributed by atoms with E-state index in [1.165, 1.54) is 186 Å². The van der Waals surface area contributed by atoms with Gasteiger partial charge in [0.2, 0.25) is 0 Å². The normalized spacial score (nSPS) is 12.4. The summed E-state index contributed by atoms with van der Waals surface area (Å²) >= 11 is 0. The molecule has 1 atom stereocenters. The van der Waals surface area contributed by atoms with Gasteiger partial charge in [0.1, 0.15) is 13.2 Å². The van der Waals surface area contributed by atoms with Gasteiger partial charge < -0.3 is 14.2 Å². The zero-order valence-corrected chi connectivity index (χ0v) is 47.2. The Bertz CT molecular complexity index is 1280. The van der Waals surface area contributed by atoms with E-state index in [1.54, 1.807) is 0 Å². The van der Waals surface area contributed by atoms with Crippen molar-refractivity contribution in [2.45, 2.75) is 322 Å². The largest absolute Gasteiger partial charge is 0.462 e. The van der Waals surface area contributed by atoms with Crippen molar-refractivity contribution in [1.82, 2.24) is 0 Å². The minimum atomic E-state index is -0.786. The molecule has 71 heavy (non-hydrogen) atoms. The summed E-state index contributed by atoms with van der Waals surface area (Å²) in [4.78, 5) is 38.2. The molecule has 0 radical (unpaired) electrons. The van der Waals surface area contributed by atoms with Gasteiger partial charge in [-0.2, -0.15) is 0 Å². The summed E-state index contributed by atoms with van der Waals surface area (Å²) in [6, 6.07) is 0. The Kier molecular flexibility index (Phi) is 57.2. The van der Waals surface area contributed by atoms with E-state index in [0.717, 1.165) is 89.9 Å². The Morgan fingerprint density at radius 3 is 0.845 bits per heavy atom. The third-order valence-corrected chi connectivity index (χ3v) is 13.5. The van der Waals surface area contributed by atoms with Crippen LogP contribution in [0.1, 0.15) is 316 Å². The van der Waals surface area contributed by atoms with Crippen LogP contribution in [-0.2, 0) is 28.6 Å². The molecular formula is C65H116O6. The van der Waals surface area contributed by atoms with Crippen molar-refractivity contribution in [3.63, 3.8) is 0 Å². The molecular weight excluding hydrogens is 877 g/mol. The molecule has 6 nitrogen and oxygen atoms in total. The predicted octanol–water partition coefficient (Wildman–Crippen LogP) is 20.8. The molecule has 0 spiro atoms. The molecule has 412 valence electrons. The van der Waals surface area contributed by atoms with Crippen LogP contribution < -0.4 is 0 Å². The van der Waals surface area contributed by atoms with Crippen molar-refractivity contribution in [3.8, 4) is 0 Å². The van der Waals surface area contributed by atoms with Crippen molar-refractivity contribution in [2.24, 2.45) is 0 Å². The minimum Gasteiger partial charge on any atom is -0.462 e. The fourth-order valence-corrected chi connectivity index (χ4v) is 8.78. The average molecular weight is 994 g/mol. The van der Waals surface area contributed by atoms with Gasteiger partial charge in [-0.25, -0.2) is 0 Å². The molecule has 0 aromatic rings. The molecule has 0 aliphatic rings. The first-order valence-electron chi connectivity index (χ1n) is 30.8. The fraction of sp³-hybridized carbons (Fsp3) is 0.800. The van der Waals surface area contributed by atoms with Crippen molar-refractivity contribution in [1.29, 1.82) is 0 Å². The Morgan fingerprint density at radius 1 is 0.282 bits per heavy atom. The molecule has 0 saturated carbocycles. The van der Waals surface area contributed by atoms with E-state index in [2.05, 4.69) is 81.5 Å². The van der Waals surface area contributed by atoms with Gasteiger partial charge in [0.05, 0.1) is 0 Å². The first kappa shape index (κ1) is 68.1. The monoisotopic (exact) mass is 993 g/mol. The lowest BCUT2D eigenvalue weighted by molar-refractivity contribution is -0.167. The molecule has 0 N–H and O–H groups in total. The van der Waals surface area contributed by atoms with Gasteiger partial charge in [-0.1, -0.05) is 255 Å². The molecule has 1 unspecified atom stereocenters. The molecule has 0 amide bonds. The van der Waals surface area contributed by atoms with E-state index in [4.69, 9.17) is 14.2 Å². The van der Waals surface area contributed by atoms with Crippen LogP contribution in [0.25, 0.3) is 0 Å². The van der Waals surface area contributed by atoms with Crippen LogP contribution >= 0.6 is 0 Å². The second-order valence-electron chi connectivity index (χ2n) is 20.6. The zero-order chi connectivity index (χ0) is 51.4. The number of carbonyl (C=O) groups is 3. The molecule has 0 aliphatic heterocycles. The van der Waals surface area contributed by atoms with Gasteiger partial charge >= 0.3 is 17.9 Å². The second-order valence-corrected chi connectivity index (χ2v) is 20.6. The van der Waals surface area contributed by atoms with Crippen LogP contribution in [0.2, 0.25) is 0 Å². The first-order valence-corrected chi connectivity index (χ1v) is 30.8. The standard InChI is InChI=1S/C65H116O6/c1-4-7-10-13-16-19-22-25-28-30-32-33-34-36-37-40-43-46-49-52-55-58-64(67)70-61-62(60-69-63(66)57-54-51-48-45-42-39-27-24-21-18-15-12-9-6-3)71-65(68)59-56-53-50-47-44-41-38-35-31-29-26-23-20-17-14-11-8-5-2/h15,18,20,23-24,27,29-32,62H,4-14,16-17,19,21-22,25-26,28,33-61H2,1-3H3/b18-15-,23-20-,27-24-,31-29-,32-30-. The summed E-state index contributed by atoms with van der Waals surface area (Å²) in [6.45, 7) is 6.60. The lowest BCUT2D eigenvalue weighted by Gasteiger charge is -2.18. The second kappa shape index (κ2) is 59.7. The fourth-order valence-electron chi connectivity index (χ4n) is 8.78. The number of rotatable bonds is 56. The Morgan fingerprint density at radius 2 is 0.521 bits per heavy atom. The maximum atomic E-state index is 12.9. The number of esters is 3. The smallest absolute Gasteiger partial charge is 0.306 e. The number of allylic oxidation sites excluding steroid dienone is 10. The SMILES string of the molecule is CCCC/C=C\C/C=C\CCCCCCCC(=O)OCC(COC(=O)CCCCCCCCCCC/C=C\CCCCCCCCCC)OC(=O)CCCCCCCCC/C=C\C/C=C\CCCCCC. The van der Waals surface area contributed by atoms with E-state index >= 15 is 0 Å². The zero-order valence-electron chi connectivity index (χ0n) is 47.2. The van der Waals surface area contributed by atoms with Crippen molar-refractivity contribution in [2.75, 3.05) is 13.2 Å². The maximum Gasteiger partial charge on any atom is 0.306 e. The molecule has 0 aliphatic carbocycles. The van der Waals surface area contributed by atoms with Gasteiger partial charge in [0.25, 0.3) is 0 Å². The van der Waals surface area contributed by atoms with Crippen LogP contribution in [0.5, 0.6) is 0 Å². The third kappa shape index (κ3) is 57.9. The van der Waals surface area contributed by atoms with Crippen molar-refractivity contribution >= 4 is 17.9 Å². The number of ether oxygens (including phenoxy) is 3. The van der Waals surface area contributed by atoms with Gasteiger partial charge in [0.15, 0.2) is 6.10 Å². The van der Waals surface area contributed by atoms with Gasteiger partial charge in [-0.3, -0.25) is 14.4 Å². The lowest BCUT2D eigenvalue weighted by Crippen LogP contribution is -2.30. The summed E-state index contributed by atoms with van der Waals surface area (Å²) in [5, 5.41) is 0. The molecule has 0 heterocycles. The number of unbranched alkanes of at least 4 members (excludes halogenated alkanes) is 35. The minimum absolute atomic E-state index is 0.0818. The Balaban J connectivity index is 4.36.